The number of nitrogens with zero attached hydrogens (tertiary/aromatic N) is 1. The lowest BCUT2D eigenvalue weighted by Crippen LogP contribution is -2.43. The Bertz CT molecular complexity index is 888. The molecule has 2 heterocycles. The van der Waals surface area contributed by atoms with Crippen molar-refractivity contribution in [3.05, 3.63) is 42.0 Å². The minimum atomic E-state index is -0.772. The molecule has 0 saturated carbocycles. The highest BCUT2D eigenvalue weighted by Gasteiger charge is 2.40. The SMILES string of the molecule is COc1ccc(C(=O)N2CCC([C@@H]3OCCC3C(=O)O)CC2)c2ccccc12. The number of likely N-dealkylation sites (tertiary alicyclic amines) is 1. The molecule has 2 aliphatic rings. The van der Waals surface area contributed by atoms with Crippen LogP contribution in [-0.2, 0) is 9.53 Å². The van der Waals surface area contributed by atoms with Crippen LogP contribution in [-0.4, -0.2) is 54.8 Å². The highest BCUT2D eigenvalue weighted by molar-refractivity contribution is 6.08. The standard InChI is InChI=1S/C22H25NO5/c1-27-19-7-6-17(15-4-2-3-5-16(15)19)21(24)23-11-8-14(9-12-23)20-18(22(25)26)10-13-28-20/h2-7,14,18,20H,8-13H2,1H3,(H,25,26)/t18?,20-/m0/s1. The molecule has 0 aliphatic carbocycles. The molecular weight excluding hydrogens is 358 g/mol. The number of hydrogen-bond acceptors (Lipinski definition) is 4. The summed E-state index contributed by atoms with van der Waals surface area (Å²) in [5.41, 5.74) is 0.676. The number of amides is 1. The van der Waals surface area contributed by atoms with Gasteiger partial charge in [0.2, 0.25) is 0 Å². The van der Waals surface area contributed by atoms with Gasteiger partial charge in [-0.25, -0.2) is 0 Å². The van der Waals surface area contributed by atoms with Gasteiger partial charge in [0.05, 0.1) is 19.1 Å². The van der Waals surface area contributed by atoms with Gasteiger partial charge in [-0.05, 0) is 42.7 Å². The molecule has 148 valence electrons. The van der Waals surface area contributed by atoms with Crippen molar-refractivity contribution in [3.63, 3.8) is 0 Å². The van der Waals surface area contributed by atoms with Gasteiger partial charge in [0, 0.05) is 30.6 Å². The van der Waals surface area contributed by atoms with E-state index in [0.29, 0.717) is 31.7 Å². The van der Waals surface area contributed by atoms with Gasteiger partial charge < -0.3 is 19.5 Å². The molecule has 28 heavy (non-hydrogen) atoms. The molecule has 6 nitrogen and oxygen atoms in total. The van der Waals surface area contributed by atoms with E-state index in [-0.39, 0.29) is 17.9 Å². The maximum atomic E-state index is 13.2. The number of carbonyl (C=O) groups is 2. The van der Waals surface area contributed by atoms with E-state index in [2.05, 4.69) is 0 Å². The summed E-state index contributed by atoms with van der Waals surface area (Å²) in [5, 5.41) is 11.2. The van der Waals surface area contributed by atoms with E-state index in [0.717, 1.165) is 29.4 Å². The molecule has 2 aromatic rings. The van der Waals surface area contributed by atoms with E-state index in [1.807, 2.05) is 41.3 Å². The summed E-state index contributed by atoms with van der Waals surface area (Å²) >= 11 is 0. The maximum absolute atomic E-state index is 13.2. The third-order valence-electron chi connectivity index (χ3n) is 6.08. The Morgan fingerprint density at radius 2 is 1.79 bits per heavy atom. The van der Waals surface area contributed by atoms with Crippen molar-refractivity contribution in [2.75, 3.05) is 26.8 Å². The van der Waals surface area contributed by atoms with Gasteiger partial charge in [-0.2, -0.15) is 0 Å². The van der Waals surface area contributed by atoms with E-state index in [4.69, 9.17) is 9.47 Å². The lowest BCUT2D eigenvalue weighted by atomic mass is 9.84. The van der Waals surface area contributed by atoms with Gasteiger partial charge in [-0.15, -0.1) is 0 Å². The summed E-state index contributed by atoms with van der Waals surface area (Å²) in [6, 6.07) is 11.4. The number of aliphatic carboxylic acids is 1. The number of hydrogen-bond donors (Lipinski definition) is 1. The molecule has 0 bridgehead atoms. The predicted molar refractivity (Wildman–Crippen MR) is 105 cm³/mol. The molecule has 4 rings (SSSR count). The zero-order valence-corrected chi connectivity index (χ0v) is 16.0. The van der Waals surface area contributed by atoms with Crippen molar-refractivity contribution in [3.8, 4) is 5.75 Å². The van der Waals surface area contributed by atoms with Crippen molar-refractivity contribution in [1.82, 2.24) is 4.90 Å². The van der Waals surface area contributed by atoms with Crippen LogP contribution in [0.1, 0.15) is 29.6 Å². The van der Waals surface area contributed by atoms with Crippen LogP contribution in [0.5, 0.6) is 5.75 Å². The van der Waals surface area contributed by atoms with Crippen LogP contribution in [0.4, 0.5) is 0 Å². The molecule has 1 amide bonds. The Morgan fingerprint density at radius 1 is 1.07 bits per heavy atom. The van der Waals surface area contributed by atoms with Crippen molar-refractivity contribution in [2.45, 2.75) is 25.4 Å². The third kappa shape index (κ3) is 3.33. The summed E-state index contributed by atoms with van der Waals surface area (Å²) in [5.74, 6) is -0.230. The molecule has 1 N–H and O–H groups in total. The van der Waals surface area contributed by atoms with Crippen LogP contribution < -0.4 is 4.74 Å². The lowest BCUT2D eigenvalue weighted by Gasteiger charge is -2.35. The van der Waals surface area contributed by atoms with Crippen LogP contribution in [0.3, 0.4) is 0 Å². The quantitative estimate of drug-likeness (QED) is 0.878. The molecule has 2 fully saturated rings. The van der Waals surface area contributed by atoms with Crippen LogP contribution in [0, 0.1) is 11.8 Å². The molecule has 2 aromatic carbocycles. The average molecular weight is 383 g/mol. The normalized spacial score (nSPS) is 23.1. The second-order valence-corrected chi connectivity index (χ2v) is 7.56. The number of rotatable bonds is 4. The van der Waals surface area contributed by atoms with Gasteiger partial charge in [0.1, 0.15) is 5.75 Å². The fourth-order valence-electron chi connectivity index (χ4n) is 4.58. The zero-order valence-electron chi connectivity index (χ0n) is 16.0. The van der Waals surface area contributed by atoms with E-state index in [9.17, 15) is 14.7 Å². The smallest absolute Gasteiger partial charge is 0.309 e. The van der Waals surface area contributed by atoms with Gasteiger partial charge in [-0.1, -0.05) is 24.3 Å². The second kappa shape index (κ2) is 7.80. The van der Waals surface area contributed by atoms with Gasteiger partial charge in [-0.3, -0.25) is 9.59 Å². The first-order valence-corrected chi connectivity index (χ1v) is 9.79. The summed E-state index contributed by atoms with van der Waals surface area (Å²) in [6.45, 7) is 1.75. The highest BCUT2D eigenvalue weighted by atomic mass is 16.5. The van der Waals surface area contributed by atoms with E-state index in [1.54, 1.807) is 7.11 Å². The molecule has 2 atom stereocenters. The number of fused-ring (bicyclic) bond motifs is 1. The molecule has 6 heteroatoms. The largest absolute Gasteiger partial charge is 0.496 e. The molecule has 0 aromatic heterocycles. The summed E-state index contributed by atoms with van der Waals surface area (Å²) in [4.78, 5) is 26.5. The van der Waals surface area contributed by atoms with Crippen LogP contribution >= 0.6 is 0 Å². The van der Waals surface area contributed by atoms with E-state index in [1.165, 1.54) is 0 Å². The van der Waals surface area contributed by atoms with Crippen molar-refractivity contribution >= 4 is 22.6 Å². The minimum absolute atomic E-state index is 0.0134. The fraction of sp³-hybridized carbons (Fsp3) is 0.455. The highest BCUT2D eigenvalue weighted by Crippen LogP contribution is 2.34. The Kier molecular flexibility index (Phi) is 5.22. The molecular formula is C22H25NO5. The molecule has 1 unspecified atom stereocenters. The first kappa shape index (κ1) is 18.7. The Balaban J connectivity index is 1.49. The monoisotopic (exact) mass is 383 g/mol. The number of ether oxygens (including phenoxy) is 2. The van der Waals surface area contributed by atoms with Gasteiger partial charge in [0.25, 0.3) is 5.91 Å². The molecule has 0 radical (unpaired) electrons. The number of carboxylic acid groups (broad SMARTS) is 1. The summed E-state index contributed by atoms with van der Waals surface area (Å²) < 4.78 is 11.2. The number of carboxylic acids is 1. The predicted octanol–water partition coefficient (Wildman–Crippen LogP) is 3.19. The van der Waals surface area contributed by atoms with E-state index >= 15 is 0 Å². The second-order valence-electron chi connectivity index (χ2n) is 7.56. The number of piperidine rings is 1. The Labute approximate surface area is 164 Å². The van der Waals surface area contributed by atoms with Gasteiger partial charge in [0.15, 0.2) is 0 Å². The van der Waals surface area contributed by atoms with Crippen LogP contribution in [0.15, 0.2) is 36.4 Å². The first-order chi connectivity index (χ1) is 13.6. The van der Waals surface area contributed by atoms with Crippen molar-refractivity contribution in [1.29, 1.82) is 0 Å². The summed E-state index contributed by atoms with van der Waals surface area (Å²) in [6.07, 6.45) is 1.90. The topological polar surface area (TPSA) is 76.1 Å². The van der Waals surface area contributed by atoms with E-state index < -0.39 is 11.9 Å². The summed E-state index contributed by atoms with van der Waals surface area (Å²) in [7, 11) is 1.63. The molecule has 2 aliphatic heterocycles. The third-order valence-corrected chi connectivity index (χ3v) is 6.08. The molecule has 2 saturated heterocycles. The molecule has 0 spiro atoms. The maximum Gasteiger partial charge on any atom is 0.309 e. The number of benzene rings is 2. The average Bonchev–Trinajstić information content (AvgIpc) is 3.23. The van der Waals surface area contributed by atoms with Crippen molar-refractivity contribution < 1.29 is 24.2 Å². The van der Waals surface area contributed by atoms with Gasteiger partial charge >= 0.3 is 5.97 Å². The number of carbonyl (C=O) groups excluding carboxylic acids is 1. The van der Waals surface area contributed by atoms with Crippen LogP contribution in [0.25, 0.3) is 10.8 Å². The lowest BCUT2D eigenvalue weighted by molar-refractivity contribution is -0.145. The first-order valence-electron chi connectivity index (χ1n) is 9.79. The van der Waals surface area contributed by atoms with Crippen molar-refractivity contribution in [2.24, 2.45) is 11.8 Å². The number of methoxy groups -OCH3 is 1. The van der Waals surface area contributed by atoms with Crippen LogP contribution in [0.2, 0.25) is 0 Å². The Morgan fingerprint density at radius 3 is 2.46 bits per heavy atom. The fourth-order valence-corrected chi connectivity index (χ4v) is 4.58. The zero-order chi connectivity index (χ0) is 19.7. The minimum Gasteiger partial charge on any atom is -0.496 e. The Hall–Kier alpha value is -2.60.